The van der Waals surface area contributed by atoms with Gasteiger partial charge in [0.25, 0.3) is 11.8 Å². The lowest BCUT2D eigenvalue weighted by Crippen LogP contribution is -2.54. The molecule has 1 saturated heterocycles. The van der Waals surface area contributed by atoms with Gasteiger partial charge in [-0.1, -0.05) is 43.3 Å². The predicted octanol–water partition coefficient (Wildman–Crippen LogP) is 3.48. The molecule has 1 aliphatic rings. The number of aryl methyl sites for hydroxylation is 2. The van der Waals surface area contributed by atoms with E-state index in [-0.39, 0.29) is 23.6 Å². The largest absolute Gasteiger partial charge is 0.354 e. The molecule has 0 aliphatic carbocycles. The van der Waals surface area contributed by atoms with E-state index in [1.165, 1.54) is 0 Å². The summed E-state index contributed by atoms with van der Waals surface area (Å²) < 4.78 is 0. The fourth-order valence-corrected chi connectivity index (χ4v) is 4.22. The van der Waals surface area contributed by atoms with Crippen molar-refractivity contribution in [2.75, 3.05) is 19.6 Å². The molecule has 0 spiro atoms. The van der Waals surface area contributed by atoms with Gasteiger partial charge in [-0.2, -0.15) is 0 Å². The van der Waals surface area contributed by atoms with Gasteiger partial charge in [0.05, 0.1) is 0 Å². The van der Waals surface area contributed by atoms with E-state index >= 15 is 0 Å². The molecule has 1 fully saturated rings. The van der Waals surface area contributed by atoms with Crippen molar-refractivity contribution in [3.05, 3.63) is 70.8 Å². The van der Waals surface area contributed by atoms with Crippen LogP contribution in [0.1, 0.15) is 58.0 Å². The Hall–Kier alpha value is -3.15. The first kappa shape index (κ1) is 23.5. The average Bonchev–Trinajstić information content (AvgIpc) is 2.81. The Labute approximate surface area is 190 Å². The molecular formula is C26H33N3O3. The molecule has 0 radical (unpaired) electrons. The highest BCUT2D eigenvalue weighted by Crippen LogP contribution is 2.24. The van der Waals surface area contributed by atoms with E-state index in [0.717, 1.165) is 23.1 Å². The van der Waals surface area contributed by atoms with E-state index in [1.54, 1.807) is 6.07 Å². The van der Waals surface area contributed by atoms with Gasteiger partial charge >= 0.3 is 0 Å². The molecule has 2 N–H and O–H groups in total. The lowest BCUT2D eigenvalue weighted by molar-refractivity contribution is -0.124. The number of hydrogen-bond acceptors (Lipinski definition) is 3. The van der Waals surface area contributed by atoms with Crippen molar-refractivity contribution >= 4 is 17.7 Å². The third kappa shape index (κ3) is 5.55. The minimum Gasteiger partial charge on any atom is -0.354 e. The van der Waals surface area contributed by atoms with Gasteiger partial charge in [-0.25, -0.2) is 0 Å². The molecule has 0 unspecified atom stereocenters. The Balaban J connectivity index is 1.70. The number of nitrogens with zero attached hydrogens (tertiary/aromatic N) is 1. The van der Waals surface area contributed by atoms with Crippen LogP contribution in [0.5, 0.6) is 0 Å². The molecule has 1 aliphatic heterocycles. The molecule has 2 aromatic rings. The number of carbonyl (C=O) groups is 3. The molecule has 3 amide bonds. The van der Waals surface area contributed by atoms with Crippen molar-refractivity contribution in [2.24, 2.45) is 5.92 Å². The minimum atomic E-state index is -0.621. The predicted molar refractivity (Wildman–Crippen MR) is 126 cm³/mol. The second-order valence-electron chi connectivity index (χ2n) is 8.50. The number of piperidine rings is 1. The van der Waals surface area contributed by atoms with Crippen molar-refractivity contribution in [1.29, 1.82) is 0 Å². The summed E-state index contributed by atoms with van der Waals surface area (Å²) in [7, 11) is 0. The summed E-state index contributed by atoms with van der Waals surface area (Å²) in [5, 5.41) is 5.92. The van der Waals surface area contributed by atoms with E-state index in [9.17, 15) is 14.4 Å². The van der Waals surface area contributed by atoms with Crippen LogP contribution in [-0.2, 0) is 4.79 Å². The van der Waals surface area contributed by atoms with Crippen LogP contribution in [0.25, 0.3) is 0 Å². The first-order valence-electron chi connectivity index (χ1n) is 11.4. The highest BCUT2D eigenvalue weighted by molar-refractivity contribution is 5.99. The molecule has 0 saturated carbocycles. The third-order valence-electron chi connectivity index (χ3n) is 6.18. The summed E-state index contributed by atoms with van der Waals surface area (Å²) in [6.45, 7) is 7.52. The number of rotatable bonds is 7. The Bertz CT molecular complexity index is 964. The van der Waals surface area contributed by atoms with Crippen molar-refractivity contribution < 1.29 is 14.4 Å². The molecule has 1 atom stereocenters. The average molecular weight is 436 g/mol. The number of carbonyl (C=O) groups excluding carboxylic acids is 3. The molecule has 0 aromatic heterocycles. The number of hydrogen-bond donors (Lipinski definition) is 2. The van der Waals surface area contributed by atoms with Gasteiger partial charge in [0, 0.05) is 30.8 Å². The molecule has 6 heteroatoms. The molecule has 6 nitrogen and oxygen atoms in total. The number of nitrogens with one attached hydrogen (secondary N) is 2. The summed E-state index contributed by atoms with van der Waals surface area (Å²) in [5.41, 5.74) is 3.13. The topological polar surface area (TPSA) is 78.5 Å². The minimum absolute atomic E-state index is 0.0254. The van der Waals surface area contributed by atoms with E-state index in [2.05, 4.69) is 10.6 Å². The molecule has 3 rings (SSSR count). The van der Waals surface area contributed by atoms with Crippen molar-refractivity contribution in [1.82, 2.24) is 15.5 Å². The summed E-state index contributed by atoms with van der Waals surface area (Å²) in [5.74, 6) is -0.395. The third-order valence-corrected chi connectivity index (χ3v) is 6.18. The van der Waals surface area contributed by atoms with E-state index in [1.807, 2.05) is 68.1 Å². The van der Waals surface area contributed by atoms with Gasteiger partial charge in [-0.05, 0) is 62.3 Å². The Kier molecular flexibility index (Phi) is 8.03. The monoisotopic (exact) mass is 435 g/mol. The normalized spacial score (nSPS) is 15.2. The van der Waals surface area contributed by atoms with Crippen LogP contribution in [0.15, 0.2) is 48.5 Å². The Morgan fingerprint density at radius 2 is 1.50 bits per heavy atom. The van der Waals surface area contributed by atoms with Crippen LogP contribution >= 0.6 is 0 Å². The van der Waals surface area contributed by atoms with Crippen LogP contribution in [0, 0.1) is 19.8 Å². The maximum atomic E-state index is 12.9. The van der Waals surface area contributed by atoms with Crippen LogP contribution in [-0.4, -0.2) is 48.3 Å². The van der Waals surface area contributed by atoms with Gasteiger partial charge in [-0.3, -0.25) is 14.4 Å². The van der Waals surface area contributed by atoms with Crippen LogP contribution < -0.4 is 10.6 Å². The number of likely N-dealkylation sites (tertiary alicyclic amines) is 1. The fourth-order valence-electron chi connectivity index (χ4n) is 4.22. The molecular weight excluding hydrogens is 402 g/mol. The summed E-state index contributed by atoms with van der Waals surface area (Å²) in [6, 6.07) is 14.3. The number of amides is 3. The van der Waals surface area contributed by atoms with Crippen molar-refractivity contribution in [3.63, 3.8) is 0 Å². The molecule has 170 valence electrons. The Morgan fingerprint density at radius 3 is 2.06 bits per heavy atom. The zero-order chi connectivity index (χ0) is 23.1. The summed E-state index contributed by atoms with van der Waals surface area (Å²) in [6.07, 6.45) is 2.15. The van der Waals surface area contributed by atoms with Gasteiger partial charge in [0.15, 0.2) is 0 Å². The van der Waals surface area contributed by atoms with E-state index < -0.39 is 6.04 Å². The van der Waals surface area contributed by atoms with Gasteiger partial charge in [-0.15, -0.1) is 0 Å². The zero-order valence-electron chi connectivity index (χ0n) is 19.2. The lowest BCUT2D eigenvalue weighted by atomic mass is 9.88. The van der Waals surface area contributed by atoms with Gasteiger partial charge in [0.2, 0.25) is 5.91 Å². The Morgan fingerprint density at radius 1 is 0.938 bits per heavy atom. The van der Waals surface area contributed by atoms with Crippen LogP contribution in [0.3, 0.4) is 0 Å². The zero-order valence-corrected chi connectivity index (χ0v) is 19.2. The lowest BCUT2D eigenvalue weighted by Gasteiger charge is -2.36. The molecule has 0 bridgehead atoms. The standard InChI is InChI=1S/C26H33N3O3/c1-4-15-27-25(31)23(28-24(30)21-11-7-5-9-18(21)2)20-13-16-29(17-14-20)26(32)22-12-8-6-10-19(22)3/h5-12,20,23H,4,13-17H2,1-3H3,(H,27,31)(H,28,30)/t23-/m0/s1. The fraction of sp³-hybridized carbons (Fsp3) is 0.423. The van der Waals surface area contributed by atoms with E-state index in [4.69, 9.17) is 0 Å². The SMILES string of the molecule is CCCNC(=O)[C@@H](NC(=O)c1ccccc1C)C1CCN(C(=O)c2ccccc2C)CC1. The molecule has 1 heterocycles. The molecule has 2 aromatic carbocycles. The first-order chi connectivity index (χ1) is 15.4. The maximum absolute atomic E-state index is 12.9. The maximum Gasteiger partial charge on any atom is 0.254 e. The second-order valence-corrected chi connectivity index (χ2v) is 8.50. The van der Waals surface area contributed by atoms with Crippen LogP contribution in [0.4, 0.5) is 0 Å². The smallest absolute Gasteiger partial charge is 0.254 e. The van der Waals surface area contributed by atoms with Crippen molar-refractivity contribution in [2.45, 2.75) is 46.1 Å². The number of benzene rings is 2. The molecule has 32 heavy (non-hydrogen) atoms. The van der Waals surface area contributed by atoms with Gasteiger partial charge in [0.1, 0.15) is 6.04 Å². The highest BCUT2D eigenvalue weighted by atomic mass is 16.2. The highest BCUT2D eigenvalue weighted by Gasteiger charge is 2.34. The summed E-state index contributed by atoms with van der Waals surface area (Å²) >= 11 is 0. The van der Waals surface area contributed by atoms with E-state index in [0.29, 0.717) is 38.0 Å². The van der Waals surface area contributed by atoms with Gasteiger partial charge < -0.3 is 15.5 Å². The quantitative estimate of drug-likeness (QED) is 0.699. The second kappa shape index (κ2) is 10.9. The summed E-state index contributed by atoms with van der Waals surface area (Å²) in [4.78, 5) is 40.7. The van der Waals surface area contributed by atoms with Crippen molar-refractivity contribution in [3.8, 4) is 0 Å². The van der Waals surface area contributed by atoms with Crippen LogP contribution in [0.2, 0.25) is 0 Å². The first-order valence-corrected chi connectivity index (χ1v) is 11.4.